The molecule has 0 saturated carbocycles. The van der Waals surface area contributed by atoms with E-state index in [9.17, 15) is 9.59 Å². The molecule has 0 spiro atoms. The third-order valence-electron chi connectivity index (χ3n) is 2.72. The van der Waals surface area contributed by atoms with E-state index in [-0.39, 0.29) is 23.6 Å². The summed E-state index contributed by atoms with van der Waals surface area (Å²) in [4.78, 5) is 23.7. The molecule has 1 aromatic heterocycles. The Balaban J connectivity index is 1.97. The SMILES string of the molecule is CC(C)COC(=O)c1ccc(NC(=O)c2ccc(Br)o2)cc1. The maximum atomic E-state index is 11.9. The highest BCUT2D eigenvalue weighted by molar-refractivity contribution is 9.10. The van der Waals surface area contributed by atoms with Gasteiger partial charge >= 0.3 is 5.97 Å². The molecular formula is C16H16BrNO4. The van der Waals surface area contributed by atoms with Crippen LogP contribution < -0.4 is 5.32 Å². The quantitative estimate of drug-likeness (QED) is 0.809. The summed E-state index contributed by atoms with van der Waals surface area (Å²) in [5, 5.41) is 2.68. The van der Waals surface area contributed by atoms with Crippen LogP contribution >= 0.6 is 15.9 Å². The summed E-state index contributed by atoms with van der Waals surface area (Å²) in [6.45, 7) is 4.32. The van der Waals surface area contributed by atoms with Crippen LogP contribution in [0.5, 0.6) is 0 Å². The number of benzene rings is 1. The fourth-order valence-corrected chi connectivity index (χ4v) is 1.95. The largest absolute Gasteiger partial charge is 0.462 e. The maximum absolute atomic E-state index is 11.9. The topological polar surface area (TPSA) is 68.5 Å². The Morgan fingerprint density at radius 1 is 1.18 bits per heavy atom. The first kappa shape index (κ1) is 16.3. The van der Waals surface area contributed by atoms with Gasteiger partial charge in [0.2, 0.25) is 0 Å². The fraction of sp³-hybridized carbons (Fsp3) is 0.250. The van der Waals surface area contributed by atoms with E-state index in [1.807, 2.05) is 13.8 Å². The van der Waals surface area contributed by atoms with Crippen LogP contribution in [0.3, 0.4) is 0 Å². The Kier molecular flexibility index (Phi) is 5.38. The van der Waals surface area contributed by atoms with Gasteiger partial charge in [0.15, 0.2) is 10.4 Å². The first-order valence-electron chi connectivity index (χ1n) is 6.79. The number of furan rings is 1. The van der Waals surface area contributed by atoms with Crippen molar-refractivity contribution in [2.24, 2.45) is 5.92 Å². The molecule has 1 aromatic carbocycles. The van der Waals surface area contributed by atoms with Crippen molar-refractivity contribution < 1.29 is 18.7 Å². The molecule has 0 unspecified atom stereocenters. The van der Waals surface area contributed by atoms with Crippen LogP contribution in [-0.4, -0.2) is 18.5 Å². The van der Waals surface area contributed by atoms with Crippen molar-refractivity contribution in [2.75, 3.05) is 11.9 Å². The standard InChI is InChI=1S/C16H16BrNO4/c1-10(2)9-21-16(20)11-3-5-12(6-4-11)18-15(19)13-7-8-14(17)22-13/h3-8,10H,9H2,1-2H3,(H,18,19). The van der Waals surface area contributed by atoms with Crippen LogP contribution in [0.25, 0.3) is 0 Å². The van der Waals surface area contributed by atoms with Crippen molar-refractivity contribution in [1.29, 1.82) is 0 Å². The van der Waals surface area contributed by atoms with Gasteiger partial charge in [0.1, 0.15) is 0 Å². The summed E-state index contributed by atoms with van der Waals surface area (Å²) in [6, 6.07) is 9.70. The van der Waals surface area contributed by atoms with Crippen LogP contribution in [-0.2, 0) is 4.74 Å². The molecule has 0 aliphatic carbocycles. The third kappa shape index (κ3) is 4.46. The third-order valence-corrected chi connectivity index (χ3v) is 3.15. The van der Waals surface area contributed by atoms with Crippen molar-refractivity contribution in [3.8, 4) is 0 Å². The van der Waals surface area contributed by atoms with Gasteiger partial charge in [0.25, 0.3) is 5.91 Å². The first-order chi connectivity index (χ1) is 10.5. The molecule has 2 aromatic rings. The van der Waals surface area contributed by atoms with Gasteiger partial charge in [0, 0.05) is 5.69 Å². The van der Waals surface area contributed by atoms with Gasteiger partial charge in [-0.15, -0.1) is 0 Å². The number of hydrogen-bond acceptors (Lipinski definition) is 4. The smallest absolute Gasteiger partial charge is 0.338 e. The number of halogens is 1. The molecule has 1 amide bonds. The lowest BCUT2D eigenvalue weighted by atomic mass is 10.2. The lowest BCUT2D eigenvalue weighted by Crippen LogP contribution is -2.12. The highest BCUT2D eigenvalue weighted by Gasteiger charge is 2.12. The van der Waals surface area contributed by atoms with Crippen molar-refractivity contribution >= 4 is 33.5 Å². The average molecular weight is 366 g/mol. The van der Waals surface area contributed by atoms with Crippen molar-refractivity contribution in [1.82, 2.24) is 0 Å². The van der Waals surface area contributed by atoms with Crippen LogP contribution in [0.1, 0.15) is 34.8 Å². The van der Waals surface area contributed by atoms with E-state index >= 15 is 0 Å². The van der Waals surface area contributed by atoms with Crippen LogP contribution in [0.15, 0.2) is 45.5 Å². The maximum Gasteiger partial charge on any atom is 0.338 e. The molecule has 1 heterocycles. The molecule has 2 rings (SSSR count). The molecule has 0 radical (unpaired) electrons. The van der Waals surface area contributed by atoms with Crippen molar-refractivity contribution in [2.45, 2.75) is 13.8 Å². The minimum Gasteiger partial charge on any atom is -0.462 e. The Morgan fingerprint density at radius 3 is 2.41 bits per heavy atom. The number of carbonyl (C=O) groups is 2. The number of ether oxygens (including phenoxy) is 1. The zero-order chi connectivity index (χ0) is 16.1. The number of nitrogens with one attached hydrogen (secondary N) is 1. The fourth-order valence-electron chi connectivity index (χ4n) is 1.64. The lowest BCUT2D eigenvalue weighted by molar-refractivity contribution is 0.0459. The summed E-state index contributed by atoms with van der Waals surface area (Å²) in [5.74, 6) is -0.246. The number of hydrogen-bond donors (Lipinski definition) is 1. The van der Waals surface area contributed by atoms with Gasteiger partial charge in [-0.3, -0.25) is 4.79 Å². The molecule has 0 bridgehead atoms. The van der Waals surface area contributed by atoms with E-state index in [2.05, 4.69) is 21.2 Å². The van der Waals surface area contributed by atoms with Gasteiger partial charge in [-0.25, -0.2) is 4.79 Å². The summed E-state index contributed by atoms with van der Waals surface area (Å²) in [7, 11) is 0. The Hall–Kier alpha value is -2.08. The molecule has 5 nitrogen and oxygen atoms in total. The van der Waals surface area contributed by atoms with Gasteiger partial charge in [-0.05, 0) is 58.2 Å². The molecule has 22 heavy (non-hydrogen) atoms. The zero-order valence-electron chi connectivity index (χ0n) is 12.3. The molecule has 0 atom stereocenters. The average Bonchev–Trinajstić information content (AvgIpc) is 2.92. The molecule has 0 saturated heterocycles. The molecule has 0 aliphatic heterocycles. The van der Waals surface area contributed by atoms with Crippen LogP contribution in [0.2, 0.25) is 0 Å². The molecular weight excluding hydrogens is 350 g/mol. The van der Waals surface area contributed by atoms with E-state index in [4.69, 9.17) is 9.15 Å². The van der Waals surface area contributed by atoms with Gasteiger partial charge in [-0.2, -0.15) is 0 Å². The zero-order valence-corrected chi connectivity index (χ0v) is 13.8. The minimum absolute atomic E-state index is 0.201. The minimum atomic E-state index is -0.374. The monoisotopic (exact) mass is 365 g/mol. The van der Waals surface area contributed by atoms with Crippen LogP contribution in [0.4, 0.5) is 5.69 Å². The number of esters is 1. The van der Waals surface area contributed by atoms with E-state index in [1.54, 1.807) is 36.4 Å². The van der Waals surface area contributed by atoms with Crippen molar-refractivity contribution in [3.05, 3.63) is 52.4 Å². The highest BCUT2D eigenvalue weighted by atomic mass is 79.9. The first-order valence-corrected chi connectivity index (χ1v) is 7.59. The Labute approximate surface area is 136 Å². The summed E-state index contributed by atoms with van der Waals surface area (Å²) < 4.78 is 10.8. The normalized spacial score (nSPS) is 10.5. The number of carbonyl (C=O) groups excluding carboxylic acids is 2. The van der Waals surface area contributed by atoms with E-state index in [0.717, 1.165) is 0 Å². The van der Waals surface area contributed by atoms with E-state index in [1.165, 1.54) is 0 Å². The van der Waals surface area contributed by atoms with Crippen molar-refractivity contribution in [3.63, 3.8) is 0 Å². The van der Waals surface area contributed by atoms with Gasteiger partial charge in [0.05, 0.1) is 12.2 Å². The molecule has 116 valence electrons. The Morgan fingerprint density at radius 2 is 1.86 bits per heavy atom. The summed E-state index contributed by atoms with van der Waals surface area (Å²) in [6.07, 6.45) is 0. The predicted molar refractivity (Wildman–Crippen MR) is 85.9 cm³/mol. The number of rotatable bonds is 5. The number of amides is 1. The van der Waals surface area contributed by atoms with E-state index in [0.29, 0.717) is 22.5 Å². The second-order valence-electron chi connectivity index (χ2n) is 5.13. The van der Waals surface area contributed by atoms with Gasteiger partial charge < -0.3 is 14.5 Å². The molecule has 0 aliphatic rings. The summed E-state index contributed by atoms with van der Waals surface area (Å²) >= 11 is 3.14. The lowest BCUT2D eigenvalue weighted by Gasteiger charge is -2.08. The van der Waals surface area contributed by atoms with Gasteiger partial charge in [-0.1, -0.05) is 13.8 Å². The number of anilines is 1. The van der Waals surface area contributed by atoms with E-state index < -0.39 is 0 Å². The molecule has 6 heteroatoms. The predicted octanol–water partition coefficient (Wildman–Crippen LogP) is 4.11. The second kappa shape index (κ2) is 7.26. The van der Waals surface area contributed by atoms with Crippen LogP contribution in [0, 0.1) is 5.92 Å². The second-order valence-corrected chi connectivity index (χ2v) is 5.91. The highest BCUT2D eigenvalue weighted by Crippen LogP contribution is 2.16. The molecule has 1 N–H and O–H groups in total. The Bertz CT molecular complexity index is 661. The summed E-state index contributed by atoms with van der Waals surface area (Å²) in [5.41, 5.74) is 1.01. The molecule has 0 fully saturated rings.